The molecule has 2 heterocycles. The predicted octanol–water partition coefficient (Wildman–Crippen LogP) is 1.92. The number of aromatic nitrogens is 2. The summed E-state index contributed by atoms with van der Waals surface area (Å²) in [6.45, 7) is 4.66. The zero-order valence-electron chi connectivity index (χ0n) is 8.88. The molecule has 0 radical (unpaired) electrons. The zero-order chi connectivity index (χ0) is 11.0. The first-order valence-electron chi connectivity index (χ1n) is 5.08. The number of nitrogens with zero attached hydrogens (tertiary/aromatic N) is 2. The van der Waals surface area contributed by atoms with Crippen molar-refractivity contribution in [1.82, 2.24) is 10.2 Å². The Morgan fingerprint density at radius 3 is 2.87 bits per heavy atom. The van der Waals surface area contributed by atoms with E-state index in [-0.39, 0.29) is 10.7 Å². The molecule has 1 atom stereocenters. The number of anilines is 1. The Morgan fingerprint density at radius 2 is 2.27 bits per heavy atom. The highest BCUT2D eigenvalue weighted by Gasteiger charge is 2.30. The molecule has 1 aliphatic heterocycles. The summed E-state index contributed by atoms with van der Waals surface area (Å²) in [5.41, 5.74) is 2.80. The number of piperidine rings is 1. The smallest absolute Gasteiger partial charge is 0.240 e. The summed E-state index contributed by atoms with van der Waals surface area (Å²) in [5, 5.41) is 7.03. The van der Waals surface area contributed by atoms with Crippen LogP contribution in [-0.2, 0) is 4.79 Å². The second-order valence-electron chi connectivity index (χ2n) is 3.88. The van der Waals surface area contributed by atoms with Crippen LogP contribution in [0.15, 0.2) is 0 Å². The molecule has 82 valence electrons. The molecule has 1 saturated heterocycles. The number of amides is 1. The van der Waals surface area contributed by atoms with Crippen LogP contribution in [0, 0.1) is 13.8 Å². The number of alkyl halides is 1. The summed E-state index contributed by atoms with van der Waals surface area (Å²) in [7, 11) is 0. The molecule has 4 nitrogen and oxygen atoms in total. The normalized spacial score (nSPS) is 22.2. The largest absolute Gasteiger partial charge is 0.308 e. The Labute approximate surface area is 97.2 Å². The summed E-state index contributed by atoms with van der Waals surface area (Å²) in [4.78, 5) is 13.8. The van der Waals surface area contributed by atoms with Crippen LogP contribution in [0.25, 0.3) is 0 Å². The monoisotopic (exact) mass is 271 g/mol. The van der Waals surface area contributed by atoms with Crippen molar-refractivity contribution < 1.29 is 4.79 Å². The second-order valence-corrected chi connectivity index (χ2v) is 4.99. The van der Waals surface area contributed by atoms with E-state index in [1.54, 1.807) is 0 Å². The fourth-order valence-electron chi connectivity index (χ4n) is 2.00. The SMILES string of the molecule is Cc1n[nH]c(C)c1N1CCCC(Br)C1=O. The number of nitrogens with one attached hydrogen (secondary N) is 1. The van der Waals surface area contributed by atoms with Crippen LogP contribution >= 0.6 is 15.9 Å². The number of aryl methyl sites for hydroxylation is 2. The summed E-state index contributed by atoms with van der Waals surface area (Å²) in [5.74, 6) is 0.147. The molecule has 0 aliphatic carbocycles. The van der Waals surface area contributed by atoms with Gasteiger partial charge >= 0.3 is 0 Å². The van der Waals surface area contributed by atoms with Crippen LogP contribution < -0.4 is 4.90 Å². The van der Waals surface area contributed by atoms with Crippen molar-refractivity contribution in [3.63, 3.8) is 0 Å². The number of carbonyl (C=O) groups is 1. The van der Waals surface area contributed by atoms with Crippen LogP contribution in [0.4, 0.5) is 5.69 Å². The lowest BCUT2D eigenvalue weighted by Gasteiger charge is -2.29. The third-order valence-corrected chi connectivity index (χ3v) is 3.58. The number of H-pyrrole nitrogens is 1. The molecule has 0 spiro atoms. The molecule has 2 rings (SSSR count). The van der Waals surface area contributed by atoms with Crippen molar-refractivity contribution in [2.24, 2.45) is 0 Å². The molecule has 15 heavy (non-hydrogen) atoms. The first-order chi connectivity index (χ1) is 7.11. The Bertz CT molecular complexity index is 369. The predicted molar refractivity (Wildman–Crippen MR) is 62.4 cm³/mol. The van der Waals surface area contributed by atoms with Gasteiger partial charge in [0.2, 0.25) is 5.91 Å². The Hall–Kier alpha value is -0.840. The Morgan fingerprint density at radius 1 is 1.53 bits per heavy atom. The van der Waals surface area contributed by atoms with Crippen molar-refractivity contribution in [3.05, 3.63) is 11.4 Å². The third-order valence-electron chi connectivity index (χ3n) is 2.73. The topological polar surface area (TPSA) is 49.0 Å². The summed E-state index contributed by atoms with van der Waals surface area (Å²) in [6.07, 6.45) is 1.96. The molecule has 1 fully saturated rings. The fourth-order valence-corrected chi connectivity index (χ4v) is 2.57. The van der Waals surface area contributed by atoms with Gasteiger partial charge in [-0.15, -0.1) is 0 Å². The van der Waals surface area contributed by atoms with E-state index in [4.69, 9.17) is 0 Å². The van der Waals surface area contributed by atoms with Gasteiger partial charge in [-0.2, -0.15) is 5.10 Å². The maximum atomic E-state index is 12.0. The highest BCUT2D eigenvalue weighted by atomic mass is 79.9. The highest BCUT2D eigenvalue weighted by Crippen LogP contribution is 2.28. The van der Waals surface area contributed by atoms with Gasteiger partial charge in [-0.1, -0.05) is 15.9 Å². The van der Waals surface area contributed by atoms with E-state index in [1.165, 1.54) is 0 Å². The van der Waals surface area contributed by atoms with Gasteiger partial charge in [-0.25, -0.2) is 0 Å². The van der Waals surface area contributed by atoms with E-state index in [2.05, 4.69) is 26.1 Å². The first-order valence-corrected chi connectivity index (χ1v) is 6.00. The van der Waals surface area contributed by atoms with E-state index in [0.717, 1.165) is 36.5 Å². The molecule has 1 unspecified atom stereocenters. The molecule has 1 aromatic heterocycles. The van der Waals surface area contributed by atoms with Gasteiger partial charge in [-0.3, -0.25) is 9.89 Å². The minimum absolute atomic E-state index is 0.0417. The summed E-state index contributed by atoms with van der Waals surface area (Å²) >= 11 is 3.41. The number of aromatic amines is 1. The van der Waals surface area contributed by atoms with Gasteiger partial charge in [0, 0.05) is 6.54 Å². The van der Waals surface area contributed by atoms with Crippen molar-refractivity contribution in [3.8, 4) is 0 Å². The Balaban J connectivity index is 2.34. The van der Waals surface area contributed by atoms with Crippen LogP contribution in [0.1, 0.15) is 24.2 Å². The van der Waals surface area contributed by atoms with Crippen LogP contribution in [0.3, 0.4) is 0 Å². The number of halogens is 1. The molecule has 1 N–H and O–H groups in total. The van der Waals surface area contributed by atoms with Gasteiger partial charge in [-0.05, 0) is 26.7 Å². The zero-order valence-corrected chi connectivity index (χ0v) is 10.5. The average Bonchev–Trinajstić information content (AvgIpc) is 2.52. The van der Waals surface area contributed by atoms with E-state index in [1.807, 2.05) is 18.7 Å². The van der Waals surface area contributed by atoms with E-state index in [9.17, 15) is 4.79 Å². The lowest BCUT2D eigenvalue weighted by atomic mass is 10.1. The first kappa shape index (κ1) is 10.7. The lowest BCUT2D eigenvalue weighted by Crippen LogP contribution is -2.42. The quantitative estimate of drug-likeness (QED) is 0.794. The number of hydrogen-bond acceptors (Lipinski definition) is 2. The fraction of sp³-hybridized carbons (Fsp3) is 0.600. The number of hydrogen-bond donors (Lipinski definition) is 1. The Kier molecular flexibility index (Phi) is 2.82. The molecule has 0 bridgehead atoms. The molecule has 0 saturated carbocycles. The molecule has 1 aliphatic rings. The van der Waals surface area contributed by atoms with Crippen LogP contribution in [0.5, 0.6) is 0 Å². The van der Waals surface area contributed by atoms with Gasteiger partial charge in [0.05, 0.1) is 21.9 Å². The van der Waals surface area contributed by atoms with Gasteiger partial charge in [0.1, 0.15) is 0 Å². The third kappa shape index (κ3) is 1.80. The minimum Gasteiger partial charge on any atom is -0.308 e. The number of rotatable bonds is 1. The summed E-state index contributed by atoms with van der Waals surface area (Å²) < 4.78 is 0. The standard InChI is InChI=1S/C10H14BrN3O/c1-6-9(7(2)13-12-6)14-5-3-4-8(11)10(14)15/h8H,3-5H2,1-2H3,(H,12,13). The van der Waals surface area contributed by atoms with Gasteiger partial charge in [0.25, 0.3) is 0 Å². The second kappa shape index (κ2) is 3.96. The van der Waals surface area contributed by atoms with E-state index >= 15 is 0 Å². The van der Waals surface area contributed by atoms with Gasteiger partial charge < -0.3 is 4.90 Å². The van der Waals surface area contributed by atoms with Crippen molar-refractivity contribution in [2.45, 2.75) is 31.5 Å². The minimum atomic E-state index is -0.0417. The van der Waals surface area contributed by atoms with Crippen LogP contribution in [-0.4, -0.2) is 27.5 Å². The average molecular weight is 272 g/mol. The molecule has 5 heteroatoms. The van der Waals surface area contributed by atoms with E-state index in [0.29, 0.717) is 0 Å². The summed E-state index contributed by atoms with van der Waals surface area (Å²) in [6, 6.07) is 0. The van der Waals surface area contributed by atoms with Crippen molar-refractivity contribution >= 4 is 27.5 Å². The maximum absolute atomic E-state index is 12.0. The van der Waals surface area contributed by atoms with Crippen LogP contribution in [0.2, 0.25) is 0 Å². The van der Waals surface area contributed by atoms with Crippen molar-refractivity contribution in [1.29, 1.82) is 0 Å². The number of carbonyl (C=O) groups excluding carboxylic acids is 1. The molecule has 1 aromatic rings. The maximum Gasteiger partial charge on any atom is 0.240 e. The van der Waals surface area contributed by atoms with Crippen molar-refractivity contribution in [2.75, 3.05) is 11.4 Å². The highest BCUT2D eigenvalue weighted by molar-refractivity contribution is 9.10. The van der Waals surface area contributed by atoms with Gasteiger partial charge in [0.15, 0.2) is 0 Å². The van der Waals surface area contributed by atoms with E-state index < -0.39 is 0 Å². The lowest BCUT2D eigenvalue weighted by molar-refractivity contribution is -0.118. The molecular formula is C10H14BrN3O. The molecule has 0 aromatic carbocycles. The molecular weight excluding hydrogens is 258 g/mol. The molecule has 1 amide bonds.